The Morgan fingerprint density at radius 1 is 0.516 bits per heavy atom. The Kier molecular flexibility index (Phi) is 11.0. The molecule has 2 fully saturated rings. The van der Waals surface area contributed by atoms with Gasteiger partial charge in [0.1, 0.15) is 71.8 Å². The maximum absolute atomic E-state index is 14.7. The standard InChI is InChI=1S/C42H38O20/c43-11-23-31(47)35(51)37(53)41(61-23)59-21-5-1-3-15-25(17-7-13(39(55)56)9-19(45)27(17)33(49)29(15)21)26-16-4-2-6-22(60-42-38(54)36(52)32(48)24(12-44)62-42)30(16)34(50)28-18(26)8-14(40(57)58)10-20(28)46/h1-10,23-26,31-32,35-38,41-48,51-54H,11-12H2,(H,55,56)(H,57,58)/t23-,24-,25-,26-,31-,32-,35+,36+,37-,38-,41-,42?/m1/s1. The number of benzene rings is 4. The molecular weight excluding hydrogens is 824 g/mol. The Hall–Kier alpha value is -6.04. The first-order chi connectivity index (χ1) is 29.5. The lowest BCUT2D eigenvalue weighted by Gasteiger charge is -2.41. The molecule has 8 rings (SSSR count). The zero-order valence-electron chi connectivity index (χ0n) is 31.7. The van der Waals surface area contributed by atoms with Crippen molar-refractivity contribution in [3.05, 3.63) is 116 Å². The highest BCUT2D eigenvalue weighted by molar-refractivity contribution is 6.18. The molecule has 2 heterocycles. The molecule has 4 aromatic carbocycles. The first-order valence-corrected chi connectivity index (χ1v) is 19.0. The monoisotopic (exact) mass is 862 g/mol. The van der Waals surface area contributed by atoms with E-state index in [0.29, 0.717) is 0 Å². The summed E-state index contributed by atoms with van der Waals surface area (Å²) >= 11 is 0. The van der Waals surface area contributed by atoms with Crippen LogP contribution in [0.2, 0.25) is 0 Å². The van der Waals surface area contributed by atoms with E-state index in [1.807, 2.05) is 0 Å². The van der Waals surface area contributed by atoms with E-state index in [4.69, 9.17) is 18.9 Å². The number of carbonyl (C=O) groups is 4. The molecule has 326 valence electrons. The number of hydrogen-bond acceptors (Lipinski definition) is 18. The maximum Gasteiger partial charge on any atom is 0.335 e. The summed E-state index contributed by atoms with van der Waals surface area (Å²) in [5.74, 6) is -10.1. The highest BCUT2D eigenvalue weighted by Gasteiger charge is 2.50. The lowest BCUT2D eigenvalue weighted by atomic mass is 9.63. The number of carboxylic acid groups (broad SMARTS) is 2. The molecule has 2 aliphatic heterocycles. The van der Waals surface area contributed by atoms with E-state index < -0.39 is 144 Å². The summed E-state index contributed by atoms with van der Waals surface area (Å²) in [5, 5.41) is 126. The van der Waals surface area contributed by atoms with Crippen molar-refractivity contribution in [3.63, 3.8) is 0 Å². The van der Waals surface area contributed by atoms with Gasteiger partial charge in [-0.05, 0) is 58.7 Å². The second kappa shape index (κ2) is 16.0. The van der Waals surface area contributed by atoms with Gasteiger partial charge in [-0.2, -0.15) is 0 Å². The van der Waals surface area contributed by atoms with E-state index in [2.05, 4.69) is 0 Å². The van der Waals surface area contributed by atoms with Crippen molar-refractivity contribution in [3.8, 4) is 23.0 Å². The van der Waals surface area contributed by atoms with Crippen molar-refractivity contribution in [2.75, 3.05) is 13.2 Å². The number of carboxylic acids is 2. The number of fused-ring (bicyclic) bond motifs is 4. The number of phenolic OH excluding ortho intramolecular Hbond substituents is 2. The number of aliphatic hydroxyl groups excluding tert-OH is 8. The van der Waals surface area contributed by atoms with Crippen LogP contribution in [-0.2, 0) is 9.47 Å². The Labute approximate surface area is 348 Å². The summed E-state index contributed by atoms with van der Waals surface area (Å²) in [5.41, 5.74) is -2.87. The maximum atomic E-state index is 14.7. The summed E-state index contributed by atoms with van der Waals surface area (Å²) in [7, 11) is 0. The molecule has 12 N–H and O–H groups in total. The molecule has 4 aromatic rings. The zero-order valence-corrected chi connectivity index (χ0v) is 31.7. The van der Waals surface area contributed by atoms with Crippen molar-refractivity contribution in [1.29, 1.82) is 0 Å². The van der Waals surface area contributed by atoms with E-state index in [9.17, 15) is 80.5 Å². The third-order valence-electron chi connectivity index (χ3n) is 11.7. The van der Waals surface area contributed by atoms with Gasteiger partial charge in [-0.1, -0.05) is 24.3 Å². The normalized spacial score (nSPS) is 30.1. The lowest BCUT2D eigenvalue weighted by Crippen LogP contribution is -2.60. The Bertz CT molecular complexity index is 2330. The minimum atomic E-state index is -1.94. The number of aromatic hydroxyl groups is 2. The first kappa shape index (κ1) is 42.6. The van der Waals surface area contributed by atoms with Crippen LogP contribution in [0.3, 0.4) is 0 Å². The third-order valence-corrected chi connectivity index (χ3v) is 11.7. The van der Waals surface area contributed by atoms with E-state index in [-0.39, 0.29) is 44.9 Å². The van der Waals surface area contributed by atoms with Gasteiger partial charge >= 0.3 is 11.9 Å². The molecule has 0 saturated carbocycles. The van der Waals surface area contributed by atoms with Crippen LogP contribution in [0.15, 0.2) is 60.7 Å². The van der Waals surface area contributed by atoms with Crippen LogP contribution in [0.1, 0.15) is 86.6 Å². The first-order valence-electron chi connectivity index (χ1n) is 19.0. The largest absolute Gasteiger partial charge is 0.507 e. The number of ether oxygens (including phenoxy) is 4. The number of ketones is 2. The van der Waals surface area contributed by atoms with Gasteiger partial charge in [-0.15, -0.1) is 0 Å². The molecule has 12 atom stereocenters. The number of phenols is 2. The average Bonchev–Trinajstić information content (AvgIpc) is 3.24. The second-order valence-corrected chi connectivity index (χ2v) is 15.2. The predicted octanol–water partition coefficient (Wildman–Crippen LogP) is -1.10. The van der Waals surface area contributed by atoms with Crippen LogP contribution in [-0.4, -0.2) is 159 Å². The van der Waals surface area contributed by atoms with Crippen molar-refractivity contribution in [2.24, 2.45) is 0 Å². The molecule has 0 amide bonds. The molecule has 20 heteroatoms. The topological polar surface area (TPSA) is 348 Å². The van der Waals surface area contributed by atoms with Crippen LogP contribution < -0.4 is 9.47 Å². The summed E-state index contributed by atoms with van der Waals surface area (Å²) in [6, 6.07) is 11.9. The van der Waals surface area contributed by atoms with E-state index in [1.54, 1.807) is 0 Å². The van der Waals surface area contributed by atoms with Gasteiger partial charge in [0, 0.05) is 11.8 Å². The van der Waals surface area contributed by atoms with Crippen LogP contribution in [0.5, 0.6) is 23.0 Å². The van der Waals surface area contributed by atoms with Crippen molar-refractivity contribution < 1.29 is 99.4 Å². The van der Waals surface area contributed by atoms with Crippen molar-refractivity contribution >= 4 is 23.5 Å². The van der Waals surface area contributed by atoms with Gasteiger partial charge < -0.3 is 80.2 Å². The fraction of sp³-hybridized carbons (Fsp3) is 0.333. The highest BCUT2D eigenvalue weighted by atomic mass is 16.7. The number of aromatic carboxylic acids is 2. The molecule has 2 aliphatic carbocycles. The highest BCUT2D eigenvalue weighted by Crippen LogP contribution is 2.56. The van der Waals surface area contributed by atoms with E-state index in [0.717, 1.165) is 24.3 Å². The minimum absolute atomic E-state index is 0.00301. The van der Waals surface area contributed by atoms with Gasteiger partial charge in [0.05, 0.1) is 46.6 Å². The number of aliphatic hydroxyl groups is 8. The van der Waals surface area contributed by atoms with Crippen molar-refractivity contribution in [1.82, 2.24) is 0 Å². The van der Waals surface area contributed by atoms with Crippen LogP contribution in [0, 0.1) is 0 Å². The average molecular weight is 863 g/mol. The molecule has 4 aliphatic rings. The Morgan fingerprint density at radius 2 is 0.887 bits per heavy atom. The molecular formula is C42H38O20. The van der Waals surface area contributed by atoms with Gasteiger partial charge in [0.2, 0.25) is 24.1 Å². The summed E-state index contributed by atoms with van der Waals surface area (Å²) < 4.78 is 23.0. The zero-order chi connectivity index (χ0) is 44.6. The third kappa shape index (κ3) is 6.73. The molecule has 2 saturated heterocycles. The smallest absolute Gasteiger partial charge is 0.335 e. The summed E-state index contributed by atoms with van der Waals surface area (Å²) in [6.07, 6.45) is -17.7. The Morgan fingerprint density at radius 3 is 1.23 bits per heavy atom. The quantitative estimate of drug-likeness (QED) is 0.0950. The molecule has 1 unspecified atom stereocenters. The Balaban J connectivity index is 1.38. The number of rotatable bonds is 9. The number of carbonyl (C=O) groups excluding carboxylic acids is 2. The fourth-order valence-corrected chi connectivity index (χ4v) is 8.71. The summed E-state index contributed by atoms with van der Waals surface area (Å²) in [4.78, 5) is 54.2. The van der Waals surface area contributed by atoms with Gasteiger partial charge in [0.25, 0.3) is 0 Å². The SMILES string of the molecule is O=C(O)c1cc(O)c2c(c1)[C@H]([C@H]1c3cc(C(=O)O)cc(O)c3C(=O)c3c(O[C@@H]4O[C@H](CO)[C@@H](O)[C@H](O)[C@H]4O)cccc31)c1cccc(OC3O[C@H](CO)[C@@H](O)[C@H](O)[C@H]3O)c1C2=O. The minimum Gasteiger partial charge on any atom is -0.507 e. The van der Waals surface area contributed by atoms with Crippen LogP contribution >= 0.6 is 0 Å². The van der Waals surface area contributed by atoms with Gasteiger partial charge in [-0.3, -0.25) is 9.59 Å². The molecule has 62 heavy (non-hydrogen) atoms. The lowest BCUT2D eigenvalue weighted by molar-refractivity contribution is -0.277. The second-order valence-electron chi connectivity index (χ2n) is 15.2. The van der Waals surface area contributed by atoms with Gasteiger partial charge in [0.15, 0.2) is 0 Å². The predicted molar refractivity (Wildman–Crippen MR) is 202 cm³/mol. The van der Waals surface area contributed by atoms with Gasteiger partial charge in [-0.25, -0.2) is 9.59 Å². The molecule has 0 aromatic heterocycles. The van der Waals surface area contributed by atoms with Crippen molar-refractivity contribution in [2.45, 2.75) is 73.2 Å². The summed E-state index contributed by atoms with van der Waals surface area (Å²) in [6.45, 7) is -1.64. The van der Waals surface area contributed by atoms with Crippen LogP contribution in [0.25, 0.3) is 0 Å². The number of hydrogen-bond donors (Lipinski definition) is 12. The molecule has 0 radical (unpaired) electrons. The van der Waals surface area contributed by atoms with Crippen LogP contribution in [0.4, 0.5) is 0 Å². The molecule has 0 bridgehead atoms. The molecule has 0 spiro atoms. The van der Waals surface area contributed by atoms with E-state index >= 15 is 0 Å². The van der Waals surface area contributed by atoms with E-state index in [1.165, 1.54) is 36.4 Å². The molecule has 20 nitrogen and oxygen atoms in total. The fourth-order valence-electron chi connectivity index (χ4n) is 8.71.